The first-order valence-electron chi connectivity index (χ1n) is 6.34. The minimum absolute atomic E-state index is 0.246. The average molecular weight is 300 g/mol. The number of rotatable bonds is 3. The van der Waals surface area contributed by atoms with Crippen molar-refractivity contribution in [3.63, 3.8) is 0 Å². The summed E-state index contributed by atoms with van der Waals surface area (Å²) in [6.45, 7) is 2.78. The summed E-state index contributed by atoms with van der Waals surface area (Å²) in [5.41, 5.74) is 7.86. The summed E-state index contributed by atoms with van der Waals surface area (Å²) in [5, 5.41) is 0. The average Bonchev–Trinajstić information content (AvgIpc) is 2.37. The molecule has 0 aromatic carbocycles. The van der Waals surface area contributed by atoms with Crippen molar-refractivity contribution in [3.8, 4) is 0 Å². The van der Waals surface area contributed by atoms with Crippen molar-refractivity contribution in [2.75, 3.05) is 39.5 Å². The number of hydrogen-bond donors (Lipinski definition) is 1. The molecule has 1 aliphatic heterocycles. The van der Waals surface area contributed by atoms with E-state index in [0.29, 0.717) is 24.5 Å². The molecule has 1 atom stereocenters. The number of aryl methyl sites for hydroxylation is 1. The number of pyridine rings is 1. The summed E-state index contributed by atoms with van der Waals surface area (Å²) < 4.78 is 32.5. The molecule has 0 saturated carbocycles. The number of ether oxygens (including phenoxy) is 1. The zero-order valence-corrected chi connectivity index (χ0v) is 12.7. The highest BCUT2D eigenvalue weighted by Crippen LogP contribution is 2.24. The molecule has 1 aromatic rings. The first-order valence-corrected chi connectivity index (χ1v) is 7.73. The Hall–Kier alpha value is -1.22. The van der Waals surface area contributed by atoms with Crippen molar-refractivity contribution in [1.29, 1.82) is 0 Å². The minimum atomic E-state index is -3.43. The fourth-order valence-electron chi connectivity index (χ4n) is 2.13. The molecule has 2 N–H and O–H groups in total. The van der Waals surface area contributed by atoms with Crippen LogP contribution in [0.1, 0.15) is 17.5 Å². The maximum absolute atomic E-state index is 12.1. The van der Waals surface area contributed by atoms with Gasteiger partial charge in [-0.2, -0.15) is 17.0 Å². The Morgan fingerprint density at radius 3 is 2.75 bits per heavy atom. The van der Waals surface area contributed by atoms with Gasteiger partial charge < -0.3 is 10.5 Å². The highest BCUT2D eigenvalue weighted by Gasteiger charge is 2.32. The summed E-state index contributed by atoms with van der Waals surface area (Å²) in [5.74, 6) is 0. The molecule has 0 spiro atoms. The predicted molar refractivity (Wildman–Crippen MR) is 76.3 cm³/mol. The fourth-order valence-corrected chi connectivity index (χ4v) is 3.22. The van der Waals surface area contributed by atoms with E-state index < -0.39 is 10.2 Å². The second-order valence-corrected chi connectivity index (χ2v) is 7.12. The van der Waals surface area contributed by atoms with Gasteiger partial charge in [-0.25, -0.2) is 0 Å². The lowest BCUT2D eigenvalue weighted by molar-refractivity contribution is -0.00626. The molecular weight excluding hydrogens is 280 g/mol. The summed E-state index contributed by atoms with van der Waals surface area (Å²) in [6.07, 6.45) is -0.388. The van der Waals surface area contributed by atoms with Gasteiger partial charge in [0.2, 0.25) is 0 Å². The third-order valence-electron chi connectivity index (χ3n) is 3.14. The van der Waals surface area contributed by atoms with Gasteiger partial charge in [-0.3, -0.25) is 4.98 Å². The van der Waals surface area contributed by atoms with Crippen molar-refractivity contribution in [1.82, 2.24) is 13.6 Å². The summed E-state index contributed by atoms with van der Waals surface area (Å²) in [4.78, 5) is 4.38. The smallest absolute Gasteiger partial charge is 0.281 e. The van der Waals surface area contributed by atoms with Gasteiger partial charge in [0.05, 0.1) is 12.3 Å². The maximum Gasteiger partial charge on any atom is 0.281 e. The SMILES string of the molecule is Cc1cc(N)cc([C@@H]2CN(S(=O)(=O)N(C)C)CCO2)n1. The number of nitrogen functional groups attached to an aromatic ring is 1. The number of anilines is 1. The van der Waals surface area contributed by atoms with Crippen LogP contribution < -0.4 is 5.73 Å². The van der Waals surface area contributed by atoms with E-state index in [-0.39, 0.29) is 12.6 Å². The molecule has 0 amide bonds. The van der Waals surface area contributed by atoms with Crippen LogP contribution in [0.2, 0.25) is 0 Å². The van der Waals surface area contributed by atoms with Crippen LogP contribution in [0.15, 0.2) is 12.1 Å². The van der Waals surface area contributed by atoms with E-state index in [1.807, 2.05) is 6.92 Å². The maximum atomic E-state index is 12.1. The molecule has 1 fully saturated rings. The van der Waals surface area contributed by atoms with Crippen LogP contribution in [-0.2, 0) is 14.9 Å². The van der Waals surface area contributed by atoms with Crippen LogP contribution in [0.5, 0.6) is 0 Å². The molecule has 112 valence electrons. The van der Waals surface area contributed by atoms with Crippen molar-refractivity contribution in [3.05, 3.63) is 23.5 Å². The standard InChI is InChI=1S/C12H20N4O3S/c1-9-6-10(13)7-11(14-9)12-8-16(4-5-19-12)20(17,18)15(2)3/h6-7,12H,4-5,8H2,1-3H3,(H2,13,14)/t12-/m0/s1. The Morgan fingerprint density at radius 2 is 2.15 bits per heavy atom. The molecule has 1 aliphatic rings. The van der Waals surface area contributed by atoms with Gasteiger partial charge in [-0.15, -0.1) is 0 Å². The zero-order chi connectivity index (χ0) is 14.9. The summed E-state index contributed by atoms with van der Waals surface area (Å²) in [6, 6.07) is 3.49. The Labute approximate surface area is 119 Å². The van der Waals surface area contributed by atoms with E-state index in [1.165, 1.54) is 22.7 Å². The number of nitrogens with zero attached hydrogens (tertiary/aromatic N) is 3. The molecule has 2 rings (SSSR count). The summed E-state index contributed by atoms with van der Waals surface area (Å²) >= 11 is 0. The Bertz CT molecular complexity index is 568. The monoisotopic (exact) mass is 300 g/mol. The lowest BCUT2D eigenvalue weighted by atomic mass is 10.2. The topological polar surface area (TPSA) is 88.8 Å². The summed E-state index contributed by atoms with van der Waals surface area (Å²) in [7, 11) is -0.400. The van der Waals surface area contributed by atoms with E-state index in [0.717, 1.165) is 5.69 Å². The van der Waals surface area contributed by atoms with Crippen molar-refractivity contribution >= 4 is 15.9 Å². The molecule has 0 radical (unpaired) electrons. The van der Waals surface area contributed by atoms with E-state index in [1.54, 1.807) is 12.1 Å². The van der Waals surface area contributed by atoms with E-state index in [9.17, 15) is 8.42 Å². The van der Waals surface area contributed by atoms with Gasteiger partial charge >= 0.3 is 0 Å². The quantitative estimate of drug-likeness (QED) is 0.858. The second kappa shape index (κ2) is 5.65. The molecule has 7 nitrogen and oxygen atoms in total. The lowest BCUT2D eigenvalue weighted by Gasteiger charge is -2.33. The molecule has 1 saturated heterocycles. The fraction of sp³-hybridized carbons (Fsp3) is 0.583. The molecular formula is C12H20N4O3S. The van der Waals surface area contributed by atoms with Gasteiger partial charge in [0.25, 0.3) is 10.2 Å². The highest BCUT2D eigenvalue weighted by molar-refractivity contribution is 7.86. The normalized spacial score (nSPS) is 21.3. The van der Waals surface area contributed by atoms with Crippen LogP contribution in [0, 0.1) is 6.92 Å². The third kappa shape index (κ3) is 3.09. The van der Waals surface area contributed by atoms with Gasteiger partial charge in [0.15, 0.2) is 0 Å². The lowest BCUT2D eigenvalue weighted by Crippen LogP contribution is -2.47. The highest BCUT2D eigenvalue weighted by atomic mass is 32.2. The van der Waals surface area contributed by atoms with E-state index in [2.05, 4.69) is 4.98 Å². The van der Waals surface area contributed by atoms with Gasteiger partial charge in [-0.05, 0) is 19.1 Å². The number of aromatic nitrogens is 1. The minimum Gasteiger partial charge on any atom is -0.399 e. The largest absolute Gasteiger partial charge is 0.399 e. The van der Waals surface area contributed by atoms with Gasteiger partial charge in [0, 0.05) is 38.6 Å². The number of hydrogen-bond acceptors (Lipinski definition) is 5. The first-order chi connectivity index (χ1) is 9.30. The van der Waals surface area contributed by atoms with Crippen molar-refractivity contribution in [2.24, 2.45) is 0 Å². The van der Waals surface area contributed by atoms with Crippen LogP contribution in [0.3, 0.4) is 0 Å². The van der Waals surface area contributed by atoms with Gasteiger partial charge in [-0.1, -0.05) is 0 Å². The van der Waals surface area contributed by atoms with Crippen LogP contribution in [0.25, 0.3) is 0 Å². The third-order valence-corrected chi connectivity index (χ3v) is 5.05. The second-order valence-electron chi connectivity index (χ2n) is 4.97. The molecule has 0 aliphatic carbocycles. The van der Waals surface area contributed by atoms with Crippen LogP contribution in [-0.4, -0.2) is 55.8 Å². The number of morpholine rings is 1. The van der Waals surface area contributed by atoms with Crippen LogP contribution in [0.4, 0.5) is 5.69 Å². The molecule has 0 bridgehead atoms. The Balaban J connectivity index is 2.23. The Kier molecular flexibility index (Phi) is 4.28. The van der Waals surface area contributed by atoms with Crippen LogP contribution >= 0.6 is 0 Å². The van der Waals surface area contributed by atoms with E-state index in [4.69, 9.17) is 10.5 Å². The predicted octanol–water partition coefficient (Wildman–Crippen LogP) is 0.152. The first kappa shape index (κ1) is 15.2. The zero-order valence-electron chi connectivity index (χ0n) is 11.9. The Morgan fingerprint density at radius 1 is 1.45 bits per heavy atom. The molecule has 20 heavy (non-hydrogen) atoms. The number of nitrogens with two attached hydrogens (primary N) is 1. The van der Waals surface area contributed by atoms with E-state index >= 15 is 0 Å². The molecule has 8 heteroatoms. The molecule has 2 heterocycles. The van der Waals surface area contributed by atoms with Crippen molar-refractivity contribution < 1.29 is 13.2 Å². The molecule has 1 aromatic heterocycles. The van der Waals surface area contributed by atoms with Crippen molar-refractivity contribution in [2.45, 2.75) is 13.0 Å². The molecule has 0 unspecified atom stereocenters. The van der Waals surface area contributed by atoms with Gasteiger partial charge in [0.1, 0.15) is 6.10 Å².